The van der Waals surface area contributed by atoms with Crippen LogP contribution in [0.25, 0.3) is 0 Å². The van der Waals surface area contributed by atoms with Crippen LogP contribution in [0.1, 0.15) is 17.7 Å². The molecule has 1 heterocycles. The van der Waals surface area contributed by atoms with E-state index in [1.165, 1.54) is 5.56 Å². The van der Waals surface area contributed by atoms with Crippen LogP contribution < -0.4 is 5.56 Å². The Labute approximate surface area is 93.3 Å². The van der Waals surface area contributed by atoms with Crippen LogP contribution in [0.5, 0.6) is 0 Å². The number of aliphatic hydroxyl groups is 1. The molecule has 1 aromatic heterocycles. The van der Waals surface area contributed by atoms with Crippen LogP contribution in [0.2, 0.25) is 0 Å². The minimum absolute atomic E-state index is 0.0418. The van der Waals surface area contributed by atoms with Crippen molar-refractivity contribution in [2.75, 3.05) is 5.88 Å². The number of aliphatic hydroxyl groups excluding tert-OH is 1. The molecule has 1 aliphatic carbocycles. The van der Waals surface area contributed by atoms with E-state index in [0.717, 1.165) is 25.0 Å². The van der Waals surface area contributed by atoms with Crippen molar-refractivity contribution in [3.8, 4) is 0 Å². The Kier molecular flexibility index (Phi) is 3.12. The van der Waals surface area contributed by atoms with E-state index in [1.54, 1.807) is 10.6 Å². The topological polar surface area (TPSA) is 42.2 Å². The third-order valence-electron chi connectivity index (χ3n) is 2.82. The fourth-order valence-electron chi connectivity index (χ4n) is 2.09. The number of aromatic nitrogens is 1. The van der Waals surface area contributed by atoms with Crippen molar-refractivity contribution in [2.45, 2.75) is 31.9 Å². The Bertz CT molecular complexity index is 414. The minimum Gasteiger partial charge on any atom is -0.390 e. The summed E-state index contributed by atoms with van der Waals surface area (Å²) in [6.07, 6.45) is 2.42. The summed E-state index contributed by atoms with van der Waals surface area (Å²) in [5.41, 5.74) is 2.27. The molecule has 0 aliphatic heterocycles. The van der Waals surface area contributed by atoms with Crippen LogP contribution in [0.4, 0.5) is 0 Å². The summed E-state index contributed by atoms with van der Waals surface area (Å²) in [7, 11) is 0. The molecule has 1 aromatic rings. The third-order valence-corrected chi connectivity index (χ3v) is 3.18. The smallest absolute Gasteiger partial charge is 0.250 e. The first kappa shape index (κ1) is 10.7. The van der Waals surface area contributed by atoms with Gasteiger partial charge in [0.1, 0.15) is 0 Å². The van der Waals surface area contributed by atoms with Crippen LogP contribution in [-0.2, 0) is 19.4 Å². The van der Waals surface area contributed by atoms with E-state index < -0.39 is 6.10 Å². The van der Waals surface area contributed by atoms with Crippen molar-refractivity contribution in [1.29, 1.82) is 0 Å². The molecule has 0 aromatic carbocycles. The second-order valence-electron chi connectivity index (χ2n) is 3.92. The molecule has 2 rings (SSSR count). The van der Waals surface area contributed by atoms with E-state index in [9.17, 15) is 9.90 Å². The van der Waals surface area contributed by atoms with Gasteiger partial charge in [0.25, 0.3) is 5.56 Å². The van der Waals surface area contributed by atoms with Crippen molar-refractivity contribution < 1.29 is 5.11 Å². The van der Waals surface area contributed by atoms with Gasteiger partial charge >= 0.3 is 0 Å². The summed E-state index contributed by atoms with van der Waals surface area (Å²) in [4.78, 5) is 11.6. The van der Waals surface area contributed by atoms with Crippen molar-refractivity contribution in [1.82, 2.24) is 4.57 Å². The summed E-state index contributed by atoms with van der Waals surface area (Å²) in [6, 6.07) is 3.47. The number of alkyl halides is 1. The van der Waals surface area contributed by atoms with Crippen LogP contribution in [-0.4, -0.2) is 21.7 Å². The van der Waals surface area contributed by atoms with Crippen LogP contribution in [0, 0.1) is 0 Å². The molecular formula is C11H14ClNO2. The number of fused-ring (bicyclic) bond motifs is 1. The number of rotatable bonds is 3. The number of hydrogen-bond acceptors (Lipinski definition) is 2. The first-order chi connectivity index (χ1) is 7.22. The monoisotopic (exact) mass is 227 g/mol. The molecule has 0 fully saturated rings. The van der Waals surface area contributed by atoms with E-state index in [1.807, 2.05) is 6.07 Å². The SMILES string of the molecule is O=c1ccc2c(n1CC(O)CCl)CCC2. The zero-order chi connectivity index (χ0) is 10.8. The third kappa shape index (κ3) is 2.08. The zero-order valence-electron chi connectivity index (χ0n) is 8.45. The summed E-state index contributed by atoms with van der Waals surface area (Å²) in [5, 5.41) is 9.48. The summed E-state index contributed by atoms with van der Waals surface area (Å²) < 4.78 is 1.66. The number of halogens is 1. The highest BCUT2D eigenvalue weighted by Gasteiger charge is 2.17. The van der Waals surface area contributed by atoms with Gasteiger partial charge in [-0.2, -0.15) is 0 Å². The standard InChI is InChI=1S/C11H14ClNO2/c12-6-9(14)7-13-10-3-1-2-8(10)4-5-11(13)15/h4-5,9,14H,1-3,6-7H2. The minimum atomic E-state index is -0.642. The summed E-state index contributed by atoms with van der Waals surface area (Å²) >= 11 is 5.54. The number of hydrogen-bond donors (Lipinski definition) is 1. The first-order valence-corrected chi connectivity index (χ1v) is 5.71. The molecule has 0 saturated carbocycles. The molecule has 1 atom stereocenters. The van der Waals surface area contributed by atoms with Gasteiger partial charge in [0, 0.05) is 11.8 Å². The van der Waals surface area contributed by atoms with Gasteiger partial charge in [0.15, 0.2) is 0 Å². The molecule has 0 bridgehead atoms. The number of pyridine rings is 1. The van der Waals surface area contributed by atoms with Crippen molar-refractivity contribution >= 4 is 11.6 Å². The average Bonchev–Trinajstić information content (AvgIpc) is 2.70. The molecule has 1 unspecified atom stereocenters. The maximum absolute atomic E-state index is 11.6. The normalized spacial score (nSPS) is 16.4. The Morgan fingerprint density at radius 3 is 3.00 bits per heavy atom. The maximum atomic E-state index is 11.6. The van der Waals surface area contributed by atoms with Crippen molar-refractivity contribution in [2.24, 2.45) is 0 Å². The molecule has 4 heteroatoms. The van der Waals surface area contributed by atoms with Gasteiger partial charge in [0.2, 0.25) is 0 Å². The lowest BCUT2D eigenvalue weighted by Gasteiger charge is -2.14. The van der Waals surface area contributed by atoms with Gasteiger partial charge in [0.05, 0.1) is 18.5 Å². The van der Waals surface area contributed by atoms with Crippen LogP contribution in [0.15, 0.2) is 16.9 Å². The lowest BCUT2D eigenvalue weighted by Crippen LogP contribution is -2.29. The quantitative estimate of drug-likeness (QED) is 0.781. The Morgan fingerprint density at radius 2 is 2.27 bits per heavy atom. The van der Waals surface area contributed by atoms with E-state index in [0.29, 0.717) is 6.54 Å². The van der Waals surface area contributed by atoms with Crippen molar-refractivity contribution in [3.05, 3.63) is 33.7 Å². The summed E-state index contributed by atoms with van der Waals surface area (Å²) in [5.74, 6) is 0.163. The van der Waals surface area contributed by atoms with Gasteiger partial charge < -0.3 is 9.67 Å². The lowest BCUT2D eigenvalue weighted by atomic mass is 10.2. The van der Waals surface area contributed by atoms with Gasteiger partial charge in [-0.1, -0.05) is 6.07 Å². The average molecular weight is 228 g/mol. The number of nitrogens with zero attached hydrogens (tertiary/aromatic N) is 1. The Balaban J connectivity index is 2.37. The molecule has 1 N–H and O–H groups in total. The molecule has 3 nitrogen and oxygen atoms in total. The predicted molar refractivity (Wildman–Crippen MR) is 59.5 cm³/mol. The molecular weight excluding hydrogens is 214 g/mol. The van der Waals surface area contributed by atoms with Gasteiger partial charge in [-0.25, -0.2) is 0 Å². The van der Waals surface area contributed by atoms with Crippen LogP contribution >= 0.6 is 11.6 Å². The van der Waals surface area contributed by atoms with E-state index in [4.69, 9.17) is 11.6 Å². The zero-order valence-corrected chi connectivity index (χ0v) is 9.20. The summed E-state index contributed by atoms with van der Waals surface area (Å²) in [6.45, 7) is 0.311. The molecule has 1 aliphatic rings. The second kappa shape index (κ2) is 4.37. The number of aryl methyl sites for hydroxylation is 1. The van der Waals surface area contributed by atoms with Crippen molar-refractivity contribution in [3.63, 3.8) is 0 Å². The van der Waals surface area contributed by atoms with Gasteiger partial charge in [-0.05, 0) is 24.8 Å². The lowest BCUT2D eigenvalue weighted by molar-refractivity contribution is 0.174. The largest absolute Gasteiger partial charge is 0.390 e. The maximum Gasteiger partial charge on any atom is 0.250 e. The molecule has 15 heavy (non-hydrogen) atoms. The van der Waals surface area contributed by atoms with Gasteiger partial charge in [-0.3, -0.25) is 4.79 Å². The fraction of sp³-hybridized carbons (Fsp3) is 0.545. The molecule has 82 valence electrons. The van der Waals surface area contributed by atoms with E-state index in [2.05, 4.69) is 0 Å². The van der Waals surface area contributed by atoms with Crippen LogP contribution in [0.3, 0.4) is 0 Å². The Morgan fingerprint density at radius 1 is 1.47 bits per heavy atom. The Hall–Kier alpha value is -0.800. The highest BCUT2D eigenvalue weighted by atomic mass is 35.5. The van der Waals surface area contributed by atoms with E-state index >= 15 is 0 Å². The predicted octanol–water partition coefficient (Wildman–Crippen LogP) is 0.937. The van der Waals surface area contributed by atoms with E-state index in [-0.39, 0.29) is 11.4 Å². The molecule has 0 amide bonds. The molecule has 0 radical (unpaired) electrons. The molecule has 0 saturated heterocycles. The molecule has 0 spiro atoms. The fourth-order valence-corrected chi connectivity index (χ4v) is 2.19. The highest BCUT2D eigenvalue weighted by Crippen LogP contribution is 2.19. The first-order valence-electron chi connectivity index (χ1n) is 5.18. The highest BCUT2D eigenvalue weighted by molar-refractivity contribution is 6.18. The van der Waals surface area contributed by atoms with Gasteiger partial charge in [-0.15, -0.1) is 11.6 Å². The second-order valence-corrected chi connectivity index (χ2v) is 4.22.